The summed E-state index contributed by atoms with van der Waals surface area (Å²) in [6, 6.07) is 11.2. The fraction of sp³-hybridized carbons (Fsp3) is 0.333. The minimum Gasteiger partial charge on any atom is -0.378 e. The minimum atomic E-state index is -0.320. The molecule has 0 aliphatic carbocycles. The van der Waals surface area contributed by atoms with Crippen LogP contribution in [0.15, 0.2) is 42.6 Å². The van der Waals surface area contributed by atoms with Crippen molar-refractivity contribution in [1.29, 1.82) is 0 Å². The number of hydrogen-bond donors (Lipinski definition) is 2. The molecular weight excluding hydrogens is 340 g/mol. The Morgan fingerprint density at radius 2 is 1.96 bits per heavy atom. The Morgan fingerprint density at radius 3 is 2.64 bits per heavy atom. The fourth-order valence-electron chi connectivity index (χ4n) is 2.71. The summed E-state index contributed by atoms with van der Waals surface area (Å²) in [5.41, 5.74) is 2.69. The van der Waals surface area contributed by atoms with Gasteiger partial charge in [0.15, 0.2) is 5.15 Å². The number of aromatic nitrogens is 1. The maximum atomic E-state index is 12.1. The number of hydrogen-bond acceptors (Lipinski definition) is 4. The average molecular weight is 361 g/mol. The van der Waals surface area contributed by atoms with Gasteiger partial charge in [-0.25, -0.2) is 9.78 Å². The van der Waals surface area contributed by atoms with Gasteiger partial charge >= 0.3 is 6.03 Å². The third-order valence-corrected chi connectivity index (χ3v) is 4.43. The molecule has 2 N–H and O–H groups in total. The Hall–Kier alpha value is -2.31. The number of carbonyl (C=O) groups excluding carboxylic acids is 1. The lowest BCUT2D eigenvalue weighted by molar-refractivity contribution is 0.122. The van der Waals surface area contributed by atoms with Gasteiger partial charge in [-0.1, -0.05) is 23.7 Å². The minimum absolute atomic E-state index is 0.130. The number of ether oxygens (including phenoxy) is 1. The van der Waals surface area contributed by atoms with Gasteiger partial charge in [-0.3, -0.25) is 0 Å². The summed E-state index contributed by atoms with van der Waals surface area (Å²) in [6.45, 7) is 5.27. The Balaban J connectivity index is 1.58. The monoisotopic (exact) mass is 360 g/mol. The summed E-state index contributed by atoms with van der Waals surface area (Å²) in [5.74, 6) is 0. The van der Waals surface area contributed by atoms with E-state index in [1.807, 2.05) is 19.1 Å². The second-order valence-electron chi connectivity index (χ2n) is 5.85. The van der Waals surface area contributed by atoms with Crippen molar-refractivity contribution >= 4 is 29.0 Å². The molecule has 7 heteroatoms. The van der Waals surface area contributed by atoms with E-state index in [9.17, 15) is 4.79 Å². The van der Waals surface area contributed by atoms with Crippen LogP contribution >= 0.6 is 11.6 Å². The zero-order valence-corrected chi connectivity index (χ0v) is 14.8. The van der Waals surface area contributed by atoms with E-state index < -0.39 is 0 Å². The molecule has 0 radical (unpaired) electrons. The van der Waals surface area contributed by atoms with Crippen LogP contribution < -0.4 is 15.5 Å². The van der Waals surface area contributed by atoms with Crippen LogP contribution in [0.1, 0.15) is 18.5 Å². The SMILES string of the molecule is CC(NC(=O)Nc1cccnc1Cl)c1ccc(N2CCOCC2)cc1. The molecule has 2 aromatic rings. The van der Waals surface area contributed by atoms with Gasteiger partial charge in [0.1, 0.15) is 0 Å². The maximum absolute atomic E-state index is 12.1. The number of nitrogens with one attached hydrogen (secondary N) is 2. The van der Waals surface area contributed by atoms with Gasteiger partial charge in [-0.15, -0.1) is 0 Å². The van der Waals surface area contributed by atoms with Crippen molar-refractivity contribution in [3.63, 3.8) is 0 Å². The highest BCUT2D eigenvalue weighted by Crippen LogP contribution is 2.21. The summed E-state index contributed by atoms with van der Waals surface area (Å²) >= 11 is 5.95. The largest absolute Gasteiger partial charge is 0.378 e. The number of morpholine rings is 1. The van der Waals surface area contributed by atoms with Crippen molar-refractivity contribution in [2.75, 3.05) is 36.5 Å². The van der Waals surface area contributed by atoms with Gasteiger partial charge in [0.05, 0.1) is 24.9 Å². The van der Waals surface area contributed by atoms with E-state index in [1.165, 1.54) is 5.69 Å². The van der Waals surface area contributed by atoms with Gasteiger partial charge < -0.3 is 20.3 Å². The quantitative estimate of drug-likeness (QED) is 0.819. The lowest BCUT2D eigenvalue weighted by Gasteiger charge is -2.29. The normalized spacial score (nSPS) is 15.5. The van der Waals surface area contributed by atoms with Gasteiger partial charge in [0, 0.05) is 25.0 Å². The van der Waals surface area contributed by atoms with Gasteiger partial charge in [-0.05, 0) is 36.8 Å². The van der Waals surface area contributed by atoms with Crippen LogP contribution in [0.3, 0.4) is 0 Å². The predicted octanol–water partition coefficient (Wildman–Crippen LogP) is 3.45. The first-order valence-electron chi connectivity index (χ1n) is 8.24. The smallest absolute Gasteiger partial charge is 0.319 e. The van der Waals surface area contributed by atoms with Crippen molar-refractivity contribution in [2.24, 2.45) is 0 Å². The summed E-state index contributed by atoms with van der Waals surface area (Å²) in [5, 5.41) is 5.87. The number of nitrogens with zero attached hydrogens (tertiary/aromatic N) is 2. The second kappa shape index (κ2) is 8.18. The molecule has 1 aliphatic rings. The Kier molecular flexibility index (Phi) is 5.73. The molecule has 1 atom stereocenters. The molecule has 2 amide bonds. The number of rotatable bonds is 4. The molecule has 2 heterocycles. The van der Waals surface area contributed by atoms with E-state index in [0.29, 0.717) is 5.69 Å². The topological polar surface area (TPSA) is 66.5 Å². The van der Waals surface area contributed by atoms with Gasteiger partial charge in [0.25, 0.3) is 0 Å². The van der Waals surface area contributed by atoms with E-state index in [2.05, 4.69) is 32.7 Å². The predicted molar refractivity (Wildman–Crippen MR) is 99.3 cm³/mol. The van der Waals surface area contributed by atoms with E-state index in [1.54, 1.807) is 18.3 Å². The van der Waals surface area contributed by atoms with Gasteiger partial charge in [-0.2, -0.15) is 0 Å². The first-order valence-corrected chi connectivity index (χ1v) is 8.62. The Morgan fingerprint density at radius 1 is 1.24 bits per heavy atom. The number of anilines is 2. The van der Waals surface area contributed by atoms with Crippen molar-refractivity contribution in [3.8, 4) is 0 Å². The van der Waals surface area contributed by atoms with Crippen LogP contribution in [0.5, 0.6) is 0 Å². The van der Waals surface area contributed by atoms with Crippen LogP contribution in [0.2, 0.25) is 5.15 Å². The van der Waals surface area contributed by atoms with Crippen LogP contribution in [-0.4, -0.2) is 37.3 Å². The summed E-state index contributed by atoms with van der Waals surface area (Å²) < 4.78 is 5.37. The third-order valence-electron chi connectivity index (χ3n) is 4.12. The molecule has 1 saturated heterocycles. The summed E-state index contributed by atoms with van der Waals surface area (Å²) in [4.78, 5) is 18.4. The first kappa shape index (κ1) is 17.5. The molecule has 0 spiro atoms. The molecular formula is C18H21ClN4O2. The maximum Gasteiger partial charge on any atom is 0.319 e. The highest BCUT2D eigenvalue weighted by atomic mass is 35.5. The standard InChI is InChI=1S/C18H21ClN4O2/c1-13(21-18(24)22-16-3-2-8-20-17(16)19)14-4-6-15(7-5-14)23-9-11-25-12-10-23/h2-8,13H,9-12H2,1H3,(H2,21,22,24). The van der Waals surface area contributed by atoms with Crippen LogP contribution in [0.4, 0.5) is 16.2 Å². The molecule has 1 aliphatic heterocycles. The molecule has 1 aromatic heterocycles. The van der Waals surface area contributed by atoms with Crippen molar-refractivity contribution in [2.45, 2.75) is 13.0 Å². The first-order chi connectivity index (χ1) is 12.1. The molecule has 0 saturated carbocycles. The number of benzene rings is 1. The molecule has 1 unspecified atom stereocenters. The van der Waals surface area contributed by atoms with Crippen LogP contribution in [0, 0.1) is 0 Å². The van der Waals surface area contributed by atoms with E-state index in [-0.39, 0.29) is 17.2 Å². The van der Waals surface area contributed by atoms with Crippen LogP contribution in [-0.2, 0) is 4.74 Å². The number of amides is 2. The molecule has 1 aromatic carbocycles. The third kappa shape index (κ3) is 4.61. The van der Waals surface area contributed by atoms with Gasteiger partial charge in [0.2, 0.25) is 0 Å². The lowest BCUT2D eigenvalue weighted by atomic mass is 10.1. The number of carbonyl (C=O) groups is 1. The second-order valence-corrected chi connectivity index (χ2v) is 6.21. The number of urea groups is 1. The average Bonchev–Trinajstić information content (AvgIpc) is 2.64. The van der Waals surface area contributed by atoms with E-state index in [0.717, 1.165) is 31.9 Å². The molecule has 132 valence electrons. The zero-order valence-electron chi connectivity index (χ0n) is 14.0. The Bertz CT molecular complexity index is 717. The zero-order chi connectivity index (χ0) is 17.6. The molecule has 3 rings (SSSR count). The lowest BCUT2D eigenvalue weighted by Crippen LogP contribution is -2.36. The van der Waals surface area contributed by atoms with Crippen molar-refractivity contribution in [1.82, 2.24) is 10.3 Å². The number of pyridine rings is 1. The molecule has 6 nitrogen and oxygen atoms in total. The van der Waals surface area contributed by atoms with E-state index in [4.69, 9.17) is 16.3 Å². The fourth-order valence-corrected chi connectivity index (χ4v) is 2.88. The van der Waals surface area contributed by atoms with E-state index >= 15 is 0 Å². The highest BCUT2D eigenvalue weighted by molar-refractivity contribution is 6.32. The highest BCUT2D eigenvalue weighted by Gasteiger charge is 2.14. The number of halogens is 1. The summed E-state index contributed by atoms with van der Waals surface area (Å²) in [7, 11) is 0. The summed E-state index contributed by atoms with van der Waals surface area (Å²) in [6.07, 6.45) is 1.57. The molecule has 1 fully saturated rings. The van der Waals surface area contributed by atoms with Crippen molar-refractivity contribution in [3.05, 3.63) is 53.3 Å². The van der Waals surface area contributed by atoms with Crippen LogP contribution in [0.25, 0.3) is 0 Å². The molecule has 0 bridgehead atoms. The Labute approximate surface area is 152 Å². The van der Waals surface area contributed by atoms with Crippen molar-refractivity contribution < 1.29 is 9.53 Å². The molecule has 25 heavy (non-hydrogen) atoms.